The van der Waals surface area contributed by atoms with E-state index in [9.17, 15) is 14.4 Å². The Morgan fingerprint density at radius 2 is 1.69 bits per heavy atom. The molecule has 1 heterocycles. The SMILES string of the molecule is CC(C)C(NC(=O)c1ccccc1Cl)C(=O)Nc1ccc(CC(=O)N2CCSCC2)cc1. The number of halogens is 1. The Bertz CT molecular complexity index is 959. The highest BCUT2D eigenvalue weighted by Crippen LogP contribution is 2.17. The predicted molar refractivity (Wildman–Crippen MR) is 130 cm³/mol. The van der Waals surface area contributed by atoms with Gasteiger partial charge in [0, 0.05) is 30.3 Å². The molecule has 1 atom stereocenters. The molecule has 1 unspecified atom stereocenters. The molecular weight excluding hydrogens is 446 g/mol. The van der Waals surface area contributed by atoms with E-state index in [1.165, 1.54) is 0 Å². The Morgan fingerprint density at radius 3 is 2.31 bits per heavy atom. The Morgan fingerprint density at radius 1 is 1.03 bits per heavy atom. The number of anilines is 1. The molecule has 3 amide bonds. The van der Waals surface area contributed by atoms with Gasteiger partial charge in [-0.3, -0.25) is 14.4 Å². The fourth-order valence-corrected chi connectivity index (χ4v) is 4.55. The van der Waals surface area contributed by atoms with Gasteiger partial charge in [0.15, 0.2) is 0 Å². The highest BCUT2D eigenvalue weighted by Gasteiger charge is 2.25. The fraction of sp³-hybridized carbons (Fsp3) is 0.375. The summed E-state index contributed by atoms with van der Waals surface area (Å²) in [4.78, 5) is 39.8. The van der Waals surface area contributed by atoms with Crippen LogP contribution in [0.25, 0.3) is 0 Å². The van der Waals surface area contributed by atoms with E-state index in [1.54, 1.807) is 36.4 Å². The molecule has 0 bridgehead atoms. The first-order valence-corrected chi connectivity index (χ1v) is 12.2. The van der Waals surface area contributed by atoms with Crippen molar-refractivity contribution in [2.75, 3.05) is 29.9 Å². The summed E-state index contributed by atoms with van der Waals surface area (Å²) in [6.45, 7) is 5.33. The van der Waals surface area contributed by atoms with Crippen LogP contribution in [0.5, 0.6) is 0 Å². The van der Waals surface area contributed by atoms with E-state index in [4.69, 9.17) is 11.6 Å². The van der Waals surface area contributed by atoms with Gasteiger partial charge in [0.2, 0.25) is 11.8 Å². The Labute approximate surface area is 198 Å². The van der Waals surface area contributed by atoms with Gasteiger partial charge >= 0.3 is 0 Å². The van der Waals surface area contributed by atoms with Crippen LogP contribution < -0.4 is 10.6 Å². The minimum atomic E-state index is -0.725. The Balaban J connectivity index is 1.59. The molecule has 32 heavy (non-hydrogen) atoms. The summed E-state index contributed by atoms with van der Waals surface area (Å²) in [5.41, 5.74) is 1.84. The van der Waals surface area contributed by atoms with E-state index in [-0.39, 0.29) is 17.7 Å². The molecule has 6 nitrogen and oxygen atoms in total. The molecule has 2 aromatic rings. The summed E-state index contributed by atoms with van der Waals surface area (Å²) >= 11 is 7.97. The summed E-state index contributed by atoms with van der Waals surface area (Å²) < 4.78 is 0. The second-order valence-corrected chi connectivity index (χ2v) is 9.66. The lowest BCUT2D eigenvalue weighted by atomic mass is 10.0. The topological polar surface area (TPSA) is 78.5 Å². The number of hydrogen-bond donors (Lipinski definition) is 2. The molecule has 1 aliphatic heterocycles. The van der Waals surface area contributed by atoms with E-state index in [1.807, 2.05) is 42.6 Å². The molecule has 0 aromatic heterocycles. The second-order valence-electron chi connectivity index (χ2n) is 8.03. The quantitative estimate of drug-likeness (QED) is 0.640. The van der Waals surface area contributed by atoms with Crippen molar-refractivity contribution in [1.29, 1.82) is 0 Å². The van der Waals surface area contributed by atoms with Crippen molar-refractivity contribution in [3.05, 3.63) is 64.7 Å². The number of nitrogens with one attached hydrogen (secondary N) is 2. The van der Waals surface area contributed by atoms with Crippen molar-refractivity contribution in [3.8, 4) is 0 Å². The molecule has 1 saturated heterocycles. The smallest absolute Gasteiger partial charge is 0.253 e. The standard InChI is InChI=1S/C24H28ClN3O3S/c1-16(2)22(27-23(30)19-5-3-4-6-20(19)25)24(31)26-18-9-7-17(8-10-18)15-21(29)28-11-13-32-14-12-28/h3-10,16,22H,11-15H2,1-2H3,(H,26,31)(H,27,30). The highest BCUT2D eigenvalue weighted by molar-refractivity contribution is 7.99. The molecule has 3 rings (SSSR count). The minimum absolute atomic E-state index is 0.124. The third-order valence-corrected chi connectivity index (χ3v) is 6.57. The van der Waals surface area contributed by atoms with Crippen molar-refractivity contribution in [2.45, 2.75) is 26.3 Å². The lowest BCUT2D eigenvalue weighted by Gasteiger charge is -2.26. The maximum atomic E-state index is 12.9. The number of benzene rings is 2. The molecule has 0 aliphatic carbocycles. The lowest BCUT2D eigenvalue weighted by Crippen LogP contribution is -2.47. The first kappa shape index (κ1) is 24.1. The van der Waals surface area contributed by atoms with E-state index in [2.05, 4.69) is 10.6 Å². The van der Waals surface area contributed by atoms with E-state index >= 15 is 0 Å². The number of carbonyl (C=O) groups excluding carboxylic acids is 3. The third kappa shape index (κ3) is 6.50. The van der Waals surface area contributed by atoms with Crippen LogP contribution in [-0.2, 0) is 16.0 Å². The van der Waals surface area contributed by atoms with Gasteiger partial charge < -0.3 is 15.5 Å². The number of hydrogen-bond acceptors (Lipinski definition) is 4. The van der Waals surface area contributed by atoms with Gasteiger partial charge in [-0.15, -0.1) is 0 Å². The minimum Gasteiger partial charge on any atom is -0.341 e. The predicted octanol–water partition coefficient (Wildman–Crippen LogP) is 3.85. The zero-order valence-electron chi connectivity index (χ0n) is 18.3. The summed E-state index contributed by atoms with van der Waals surface area (Å²) in [5.74, 6) is 1.27. The van der Waals surface area contributed by atoms with Crippen LogP contribution in [0.1, 0.15) is 29.8 Å². The van der Waals surface area contributed by atoms with Crippen molar-refractivity contribution >= 4 is 46.8 Å². The summed E-state index contributed by atoms with van der Waals surface area (Å²) in [7, 11) is 0. The summed E-state index contributed by atoms with van der Waals surface area (Å²) in [5, 5.41) is 5.97. The Hall–Kier alpha value is -2.51. The van der Waals surface area contributed by atoms with E-state index in [0.29, 0.717) is 22.7 Å². The average Bonchev–Trinajstić information content (AvgIpc) is 2.79. The molecule has 1 aliphatic rings. The van der Waals surface area contributed by atoms with Crippen LogP contribution in [-0.4, -0.2) is 53.3 Å². The third-order valence-electron chi connectivity index (χ3n) is 5.29. The van der Waals surface area contributed by atoms with Crippen LogP contribution in [0.15, 0.2) is 48.5 Å². The van der Waals surface area contributed by atoms with Crippen molar-refractivity contribution in [1.82, 2.24) is 10.2 Å². The van der Waals surface area contributed by atoms with Crippen molar-refractivity contribution < 1.29 is 14.4 Å². The molecule has 0 spiro atoms. The van der Waals surface area contributed by atoms with Crippen molar-refractivity contribution in [2.24, 2.45) is 5.92 Å². The van der Waals surface area contributed by atoms with Crippen LogP contribution in [0.3, 0.4) is 0 Å². The van der Waals surface area contributed by atoms with Crippen LogP contribution in [0.4, 0.5) is 5.69 Å². The lowest BCUT2D eigenvalue weighted by molar-refractivity contribution is -0.130. The zero-order valence-corrected chi connectivity index (χ0v) is 19.8. The maximum absolute atomic E-state index is 12.9. The van der Waals surface area contributed by atoms with Gasteiger partial charge in [-0.05, 0) is 35.7 Å². The summed E-state index contributed by atoms with van der Waals surface area (Å²) in [6, 6.07) is 13.2. The molecule has 2 N–H and O–H groups in total. The van der Waals surface area contributed by atoms with Gasteiger partial charge in [-0.2, -0.15) is 11.8 Å². The Kier molecular flexibility index (Phi) is 8.59. The molecule has 2 aromatic carbocycles. The molecule has 1 fully saturated rings. The summed E-state index contributed by atoms with van der Waals surface area (Å²) in [6.07, 6.45) is 0.349. The number of rotatable bonds is 7. The maximum Gasteiger partial charge on any atom is 0.253 e. The van der Waals surface area contributed by atoms with Gasteiger partial charge in [-0.1, -0.05) is 49.7 Å². The average molecular weight is 474 g/mol. The van der Waals surface area contributed by atoms with E-state index < -0.39 is 11.9 Å². The monoisotopic (exact) mass is 473 g/mol. The molecule has 0 radical (unpaired) electrons. The van der Waals surface area contributed by atoms with Gasteiger partial charge in [0.05, 0.1) is 17.0 Å². The first-order valence-electron chi connectivity index (χ1n) is 10.7. The number of carbonyl (C=O) groups is 3. The first-order chi connectivity index (χ1) is 15.3. The zero-order chi connectivity index (χ0) is 23.1. The number of nitrogens with zero attached hydrogens (tertiary/aromatic N) is 1. The molecule has 170 valence electrons. The highest BCUT2D eigenvalue weighted by atomic mass is 35.5. The van der Waals surface area contributed by atoms with Gasteiger partial charge in [0.25, 0.3) is 5.91 Å². The number of amides is 3. The van der Waals surface area contributed by atoms with E-state index in [0.717, 1.165) is 30.2 Å². The molecule has 8 heteroatoms. The second kappa shape index (κ2) is 11.4. The van der Waals surface area contributed by atoms with Gasteiger partial charge in [-0.25, -0.2) is 0 Å². The van der Waals surface area contributed by atoms with Crippen LogP contribution in [0, 0.1) is 5.92 Å². The fourth-order valence-electron chi connectivity index (χ4n) is 3.42. The van der Waals surface area contributed by atoms with Gasteiger partial charge in [0.1, 0.15) is 6.04 Å². The normalized spacial score (nSPS) is 14.7. The molecular formula is C24H28ClN3O3S. The van der Waals surface area contributed by atoms with Crippen LogP contribution in [0.2, 0.25) is 5.02 Å². The number of thioether (sulfide) groups is 1. The largest absolute Gasteiger partial charge is 0.341 e. The van der Waals surface area contributed by atoms with Crippen molar-refractivity contribution in [3.63, 3.8) is 0 Å². The molecule has 0 saturated carbocycles. The van der Waals surface area contributed by atoms with Crippen LogP contribution >= 0.6 is 23.4 Å².